The van der Waals surface area contributed by atoms with E-state index < -0.39 is 5.54 Å². The smallest absolute Gasteiger partial charge is 0.317 e. The number of nitrogens with zero attached hydrogens (tertiary/aromatic N) is 1. The summed E-state index contributed by atoms with van der Waals surface area (Å²) in [7, 11) is 1.93. The molecule has 3 rings (SSSR count). The van der Waals surface area contributed by atoms with Crippen molar-refractivity contribution in [2.24, 2.45) is 11.8 Å². The lowest BCUT2D eigenvalue weighted by Crippen LogP contribution is -2.58. The number of rotatable bonds is 14. The molecule has 2 aliphatic rings. The lowest BCUT2D eigenvalue weighted by atomic mass is 9.71. The summed E-state index contributed by atoms with van der Waals surface area (Å²) in [6.07, 6.45) is 11.4. The van der Waals surface area contributed by atoms with Crippen molar-refractivity contribution in [3.8, 4) is 0 Å². The highest BCUT2D eigenvalue weighted by Gasteiger charge is 2.43. The molecule has 2 fully saturated rings. The van der Waals surface area contributed by atoms with Gasteiger partial charge in [-0.15, -0.1) is 0 Å². The minimum Gasteiger partial charge on any atom is -0.382 e. The molecule has 0 bridgehead atoms. The van der Waals surface area contributed by atoms with Crippen LogP contribution in [0.1, 0.15) is 90.0 Å². The van der Waals surface area contributed by atoms with Gasteiger partial charge in [-0.1, -0.05) is 44.2 Å². The third-order valence-electron chi connectivity index (χ3n) is 8.58. The molecule has 3 atom stereocenters. The van der Waals surface area contributed by atoms with Crippen LogP contribution >= 0.6 is 0 Å². The lowest BCUT2D eigenvalue weighted by molar-refractivity contribution is -0.122. The Hall–Kier alpha value is -2.19. The van der Waals surface area contributed by atoms with Gasteiger partial charge in [0.05, 0.1) is 5.54 Å². The Bertz CT molecular complexity index is 894. The van der Waals surface area contributed by atoms with E-state index in [0.717, 1.165) is 44.2 Å². The number of unbranched alkanes of at least 4 members (excludes halogenated alkanes) is 1. The standard InChI is InChI=1S/C31H51FN4O3/c1-4-39-19-9-8-17-31(35-24(2)37,26-14-10-16-28(32)21-26)27-15-11-18-36(23-27)30(38)34-29(22-33-3)20-25-12-6-5-7-13-25/h10,14,16,21,25,27,29,33H,4-9,11-13,15,17-20,22-23H2,1-3H3,(H,34,38)(H,35,37)/t27-,29+,31-/m1/s1. The van der Waals surface area contributed by atoms with Crippen LogP contribution in [0, 0.1) is 17.7 Å². The molecule has 3 N–H and O–H groups in total. The second-order valence-corrected chi connectivity index (χ2v) is 11.5. The van der Waals surface area contributed by atoms with Gasteiger partial charge in [0.15, 0.2) is 0 Å². The molecule has 1 aromatic rings. The minimum atomic E-state index is -0.758. The number of nitrogens with one attached hydrogen (secondary N) is 3. The summed E-state index contributed by atoms with van der Waals surface area (Å²) in [6.45, 7) is 6.77. The maximum Gasteiger partial charge on any atom is 0.317 e. The highest BCUT2D eigenvalue weighted by atomic mass is 19.1. The summed E-state index contributed by atoms with van der Waals surface area (Å²) >= 11 is 0. The van der Waals surface area contributed by atoms with Crippen LogP contribution in [0.2, 0.25) is 0 Å². The Morgan fingerprint density at radius 1 is 1.15 bits per heavy atom. The molecule has 1 aliphatic carbocycles. The monoisotopic (exact) mass is 546 g/mol. The van der Waals surface area contributed by atoms with Crippen LogP contribution in [0.5, 0.6) is 0 Å². The first-order valence-corrected chi connectivity index (χ1v) is 15.2. The molecular formula is C31H51FN4O3. The van der Waals surface area contributed by atoms with Gasteiger partial charge in [-0.25, -0.2) is 9.18 Å². The number of piperidine rings is 1. The number of hydrogen-bond donors (Lipinski definition) is 3. The van der Waals surface area contributed by atoms with E-state index in [1.165, 1.54) is 45.1 Å². The van der Waals surface area contributed by atoms with Crippen LogP contribution in [0.4, 0.5) is 9.18 Å². The largest absolute Gasteiger partial charge is 0.382 e. The molecule has 1 saturated carbocycles. The molecule has 1 aliphatic heterocycles. The second-order valence-electron chi connectivity index (χ2n) is 11.5. The SMILES string of the molecule is CCOCCCC[C@@](NC(C)=O)(c1cccc(F)c1)[C@@H]1CCCN(C(=O)N[C@H](CNC)CC2CCCCC2)C1. The topological polar surface area (TPSA) is 82.7 Å². The maximum atomic E-state index is 14.5. The van der Waals surface area contributed by atoms with Crippen molar-refractivity contribution in [1.29, 1.82) is 0 Å². The highest BCUT2D eigenvalue weighted by molar-refractivity contribution is 5.75. The van der Waals surface area contributed by atoms with Crippen molar-refractivity contribution in [2.75, 3.05) is 39.9 Å². The van der Waals surface area contributed by atoms with Crippen molar-refractivity contribution in [2.45, 2.75) is 96.1 Å². The summed E-state index contributed by atoms with van der Waals surface area (Å²) in [5, 5.41) is 9.84. The Balaban J connectivity index is 1.78. The molecule has 0 radical (unpaired) electrons. The Labute approximate surface area is 235 Å². The molecule has 8 heteroatoms. The molecule has 0 unspecified atom stereocenters. The normalized spacial score (nSPS) is 20.7. The van der Waals surface area contributed by atoms with E-state index in [1.807, 2.05) is 24.9 Å². The van der Waals surface area contributed by atoms with Gasteiger partial charge in [-0.2, -0.15) is 0 Å². The van der Waals surface area contributed by atoms with Crippen molar-refractivity contribution in [1.82, 2.24) is 20.9 Å². The van der Waals surface area contributed by atoms with Crippen LogP contribution in [0.3, 0.4) is 0 Å². The number of halogens is 1. The predicted molar refractivity (Wildman–Crippen MR) is 154 cm³/mol. The number of hydrogen-bond acceptors (Lipinski definition) is 4. The third kappa shape index (κ3) is 9.45. The molecule has 3 amide bonds. The quantitative estimate of drug-likeness (QED) is 0.275. The van der Waals surface area contributed by atoms with Gasteiger partial charge in [0.25, 0.3) is 0 Å². The van der Waals surface area contributed by atoms with E-state index in [1.54, 1.807) is 12.1 Å². The summed E-state index contributed by atoms with van der Waals surface area (Å²) in [4.78, 5) is 28.1. The number of ether oxygens (including phenoxy) is 1. The zero-order valence-corrected chi connectivity index (χ0v) is 24.4. The van der Waals surface area contributed by atoms with Crippen molar-refractivity contribution in [3.63, 3.8) is 0 Å². The zero-order chi connectivity index (χ0) is 28.1. The van der Waals surface area contributed by atoms with Crippen molar-refractivity contribution >= 4 is 11.9 Å². The van der Waals surface area contributed by atoms with Gasteiger partial charge in [0, 0.05) is 51.7 Å². The number of likely N-dealkylation sites (tertiary alicyclic amines) is 1. The fourth-order valence-electron chi connectivity index (χ4n) is 6.75. The molecule has 1 aromatic carbocycles. The van der Waals surface area contributed by atoms with Gasteiger partial charge >= 0.3 is 6.03 Å². The number of likely N-dealkylation sites (N-methyl/N-ethyl adjacent to an activating group) is 1. The van der Waals surface area contributed by atoms with Gasteiger partial charge in [-0.3, -0.25) is 4.79 Å². The number of carbonyl (C=O) groups is 2. The molecule has 0 aromatic heterocycles. The first-order chi connectivity index (χ1) is 18.9. The first kappa shape index (κ1) is 31.3. The fraction of sp³-hybridized carbons (Fsp3) is 0.742. The Kier molecular flexibility index (Phi) is 13.0. The molecule has 220 valence electrons. The summed E-state index contributed by atoms with van der Waals surface area (Å²) < 4.78 is 20.0. The van der Waals surface area contributed by atoms with Crippen LogP contribution in [-0.4, -0.2) is 62.8 Å². The van der Waals surface area contributed by atoms with Gasteiger partial charge in [-0.05, 0) is 76.1 Å². The number of urea groups is 1. The molecule has 7 nitrogen and oxygen atoms in total. The van der Waals surface area contributed by atoms with E-state index in [2.05, 4.69) is 16.0 Å². The Morgan fingerprint density at radius 3 is 2.64 bits per heavy atom. The summed E-state index contributed by atoms with van der Waals surface area (Å²) in [6, 6.07) is 6.66. The molecule has 1 heterocycles. The molecule has 39 heavy (non-hydrogen) atoms. The average molecular weight is 547 g/mol. The zero-order valence-electron chi connectivity index (χ0n) is 24.4. The second kappa shape index (κ2) is 16.2. The van der Waals surface area contributed by atoms with E-state index >= 15 is 0 Å². The number of carbonyl (C=O) groups excluding carboxylic acids is 2. The van der Waals surface area contributed by atoms with Crippen LogP contribution in [0.15, 0.2) is 24.3 Å². The van der Waals surface area contributed by atoms with Gasteiger partial charge in [0.1, 0.15) is 5.82 Å². The van der Waals surface area contributed by atoms with Gasteiger partial charge < -0.3 is 25.6 Å². The minimum absolute atomic E-state index is 0.0316. The van der Waals surface area contributed by atoms with E-state index in [-0.39, 0.29) is 29.7 Å². The molecule has 0 spiro atoms. The van der Waals surface area contributed by atoms with Crippen LogP contribution in [-0.2, 0) is 15.1 Å². The molecule has 1 saturated heterocycles. The fourth-order valence-corrected chi connectivity index (χ4v) is 6.75. The Morgan fingerprint density at radius 2 is 1.95 bits per heavy atom. The highest BCUT2D eigenvalue weighted by Crippen LogP contribution is 2.40. The summed E-state index contributed by atoms with van der Waals surface area (Å²) in [5.41, 5.74) is 0.0118. The lowest BCUT2D eigenvalue weighted by Gasteiger charge is -2.46. The van der Waals surface area contributed by atoms with E-state index in [0.29, 0.717) is 38.6 Å². The van der Waals surface area contributed by atoms with Crippen LogP contribution < -0.4 is 16.0 Å². The van der Waals surface area contributed by atoms with Crippen molar-refractivity contribution in [3.05, 3.63) is 35.6 Å². The van der Waals surface area contributed by atoms with Crippen molar-refractivity contribution < 1.29 is 18.7 Å². The van der Waals surface area contributed by atoms with Crippen LogP contribution in [0.25, 0.3) is 0 Å². The third-order valence-corrected chi connectivity index (χ3v) is 8.58. The molecular weight excluding hydrogens is 495 g/mol. The summed E-state index contributed by atoms with van der Waals surface area (Å²) in [5.74, 6) is 0.172. The maximum absolute atomic E-state index is 14.5. The number of amides is 3. The van der Waals surface area contributed by atoms with E-state index in [9.17, 15) is 14.0 Å². The predicted octanol–water partition coefficient (Wildman–Crippen LogP) is 5.34. The number of benzene rings is 1. The first-order valence-electron chi connectivity index (χ1n) is 15.2. The van der Waals surface area contributed by atoms with Gasteiger partial charge in [0.2, 0.25) is 5.91 Å². The average Bonchev–Trinajstić information content (AvgIpc) is 2.93. The van der Waals surface area contributed by atoms with E-state index in [4.69, 9.17) is 4.74 Å².